The van der Waals surface area contributed by atoms with Crippen LogP contribution in [0, 0.1) is 0 Å². The fraction of sp³-hybridized carbons (Fsp3) is 0.156. The first-order valence-electron chi connectivity index (χ1n) is 23.9. The van der Waals surface area contributed by atoms with Gasteiger partial charge in [0.05, 0.1) is 22.4 Å². The molecule has 2 heterocycles. The van der Waals surface area contributed by atoms with E-state index in [1.807, 2.05) is 0 Å². The second kappa shape index (κ2) is 14.5. The molecular weight excluding hydrogens is 797 g/mol. The van der Waals surface area contributed by atoms with Gasteiger partial charge in [0, 0.05) is 33.0 Å². The van der Waals surface area contributed by atoms with E-state index >= 15 is 0 Å². The molecule has 1 aliphatic heterocycles. The Morgan fingerprint density at radius 1 is 0.409 bits per heavy atom. The van der Waals surface area contributed by atoms with Gasteiger partial charge in [0.25, 0.3) is 0 Å². The number of benzene rings is 8. The van der Waals surface area contributed by atoms with Crippen LogP contribution < -0.4 is 4.90 Å². The van der Waals surface area contributed by atoms with Crippen molar-refractivity contribution >= 4 is 60.9 Å². The van der Waals surface area contributed by atoms with Crippen LogP contribution in [0.5, 0.6) is 0 Å². The van der Waals surface area contributed by atoms with Crippen molar-refractivity contribution < 1.29 is 0 Å². The first kappa shape index (κ1) is 39.0. The van der Waals surface area contributed by atoms with Gasteiger partial charge in [-0.3, -0.25) is 0 Å². The van der Waals surface area contributed by atoms with Crippen LogP contribution in [-0.2, 0) is 10.8 Å². The van der Waals surface area contributed by atoms with E-state index < -0.39 is 0 Å². The SMILES string of the molecule is CC1(C)c2ccccc2-c2cc3c4cc(-c5ccc6c(c5)C(C)(C)c5cc(-c7ccc8ccccc8c7)ccc5N6c5ccc(C6=CCCC=C6)cc5)ccc4n(C4=CCCC=C4)c3cc21. The summed E-state index contributed by atoms with van der Waals surface area (Å²) < 4.78 is 2.52. The molecule has 9 aromatic rings. The van der Waals surface area contributed by atoms with E-state index in [4.69, 9.17) is 0 Å². The zero-order valence-corrected chi connectivity index (χ0v) is 38.2. The summed E-state index contributed by atoms with van der Waals surface area (Å²) in [5.41, 5.74) is 22.7. The van der Waals surface area contributed by atoms with Crippen LogP contribution in [0.25, 0.3) is 77.2 Å². The number of allylic oxidation sites excluding steroid dienone is 8. The topological polar surface area (TPSA) is 8.17 Å². The summed E-state index contributed by atoms with van der Waals surface area (Å²) in [5, 5.41) is 5.12. The molecule has 13 rings (SSSR count). The molecule has 8 aromatic carbocycles. The summed E-state index contributed by atoms with van der Waals surface area (Å²) >= 11 is 0. The molecule has 318 valence electrons. The third kappa shape index (κ3) is 5.87. The van der Waals surface area contributed by atoms with E-state index in [0.29, 0.717) is 0 Å². The monoisotopic (exact) mass is 848 g/mol. The van der Waals surface area contributed by atoms with Gasteiger partial charge in [-0.15, -0.1) is 0 Å². The highest BCUT2D eigenvalue weighted by molar-refractivity contribution is 6.14. The van der Waals surface area contributed by atoms with Gasteiger partial charge in [0.1, 0.15) is 0 Å². The van der Waals surface area contributed by atoms with Gasteiger partial charge in [-0.1, -0.05) is 149 Å². The van der Waals surface area contributed by atoms with E-state index in [0.717, 1.165) is 25.7 Å². The van der Waals surface area contributed by atoms with Crippen LogP contribution in [0.15, 0.2) is 194 Å². The van der Waals surface area contributed by atoms with Crippen LogP contribution in [0.4, 0.5) is 17.1 Å². The Balaban J connectivity index is 0.984. The number of anilines is 3. The first-order valence-corrected chi connectivity index (χ1v) is 23.9. The standard InChI is InChI=1S/C64H52N2/c1-63(2)55-22-14-13-21-51(55)52-39-54-53-36-46(27-32-59(53)65(62(54)40-56(52)63)49-19-9-6-10-20-49)48-29-34-61-58(38-48)64(3,4)57-37-47(45-24-23-42-17-11-12-18-44(42)35-45)28-33-60(57)66(61)50-30-25-43(26-31-50)41-15-7-5-8-16-41/h7,9,11-40H,5-6,8,10H2,1-4H3. The van der Waals surface area contributed by atoms with Crippen LogP contribution in [0.2, 0.25) is 0 Å². The second-order valence-corrected chi connectivity index (χ2v) is 19.9. The molecule has 0 atom stereocenters. The molecule has 0 radical (unpaired) electrons. The Hall–Kier alpha value is -7.42. The lowest BCUT2D eigenvalue weighted by molar-refractivity contribution is 0.632. The maximum Gasteiger partial charge on any atom is 0.0544 e. The Morgan fingerprint density at radius 2 is 1.02 bits per heavy atom. The van der Waals surface area contributed by atoms with Crippen LogP contribution in [0.3, 0.4) is 0 Å². The number of aromatic nitrogens is 1. The van der Waals surface area contributed by atoms with E-state index in [1.165, 1.54) is 122 Å². The van der Waals surface area contributed by atoms with Crippen LogP contribution in [-0.4, -0.2) is 4.57 Å². The van der Waals surface area contributed by atoms with Gasteiger partial charge in [-0.25, -0.2) is 0 Å². The van der Waals surface area contributed by atoms with Gasteiger partial charge in [-0.05, 0) is 176 Å². The summed E-state index contributed by atoms with van der Waals surface area (Å²) in [5.74, 6) is 0. The molecule has 2 nitrogen and oxygen atoms in total. The molecule has 0 spiro atoms. The summed E-state index contributed by atoms with van der Waals surface area (Å²) in [4.78, 5) is 2.50. The highest BCUT2D eigenvalue weighted by atomic mass is 15.2. The van der Waals surface area contributed by atoms with E-state index in [9.17, 15) is 0 Å². The predicted octanol–water partition coefficient (Wildman–Crippen LogP) is 17.6. The molecule has 0 saturated heterocycles. The van der Waals surface area contributed by atoms with Gasteiger partial charge in [0.2, 0.25) is 0 Å². The molecular formula is C64H52N2. The zero-order chi connectivity index (χ0) is 44.3. The van der Waals surface area contributed by atoms with Crippen molar-refractivity contribution in [1.29, 1.82) is 0 Å². The number of rotatable bonds is 5. The van der Waals surface area contributed by atoms with Crippen molar-refractivity contribution in [2.45, 2.75) is 64.2 Å². The highest BCUT2D eigenvalue weighted by Crippen LogP contribution is 2.55. The minimum absolute atomic E-state index is 0.0750. The Morgan fingerprint density at radius 3 is 1.74 bits per heavy atom. The van der Waals surface area contributed by atoms with Crippen molar-refractivity contribution in [1.82, 2.24) is 4.57 Å². The van der Waals surface area contributed by atoms with Crippen molar-refractivity contribution in [3.05, 3.63) is 222 Å². The van der Waals surface area contributed by atoms with Gasteiger partial charge in [0.15, 0.2) is 0 Å². The lowest BCUT2D eigenvalue weighted by atomic mass is 9.72. The van der Waals surface area contributed by atoms with Gasteiger partial charge >= 0.3 is 0 Å². The van der Waals surface area contributed by atoms with Crippen LogP contribution in [0.1, 0.15) is 81.2 Å². The molecule has 0 amide bonds. The average Bonchev–Trinajstić information content (AvgIpc) is 3.80. The smallest absolute Gasteiger partial charge is 0.0544 e. The third-order valence-corrected chi connectivity index (χ3v) is 15.4. The van der Waals surface area contributed by atoms with E-state index in [-0.39, 0.29) is 10.8 Å². The van der Waals surface area contributed by atoms with E-state index in [2.05, 4.69) is 231 Å². The van der Waals surface area contributed by atoms with E-state index in [1.54, 1.807) is 0 Å². The molecule has 0 saturated carbocycles. The molecule has 0 N–H and O–H groups in total. The minimum Gasteiger partial charge on any atom is -0.310 e. The lowest BCUT2D eigenvalue weighted by Gasteiger charge is -2.42. The Kier molecular flexibility index (Phi) is 8.59. The molecule has 4 aliphatic rings. The molecule has 3 aliphatic carbocycles. The quantitative estimate of drug-likeness (QED) is 0.167. The Bertz CT molecular complexity index is 3640. The fourth-order valence-corrected chi connectivity index (χ4v) is 11.8. The molecule has 0 unspecified atom stereocenters. The number of nitrogens with zero attached hydrogens (tertiary/aromatic N) is 2. The zero-order valence-electron chi connectivity index (χ0n) is 38.2. The fourth-order valence-electron chi connectivity index (χ4n) is 11.8. The highest BCUT2D eigenvalue weighted by Gasteiger charge is 2.39. The van der Waals surface area contributed by atoms with Crippen molar-refractivity contribution in [2.75, 3.05) is 4.90 Å². The molecule has 2 heteroatoms. The number of hydrogen-bond donors (Lipinski definition) is 0. The number of fused-ring (bicyclic) bond motifs is 9. The molecule has 66 heavy (non-hydrogen) atoms. The van der Waals surface area contributed by atoms with Crippen molar-refractivity contribution in [2.24, 2.45) is 0 Å². The van der Waals surface area contributed by atoms with Gasteiger partial charge < -0.3 is 9.47 Å². The van der Waals surface area contributed by atoms with Gasteiger partial charge in [-0.2, -0.15) is 0 Å². The summed E-state index contributed by atoms with van der Waals surface area (Å²) in [6.07, 6.45) is 18.3. The third-order valence-electron chi connectivity index (χ3n) is 15.4. The average molecular weight is 849 g/mol. The first-order chi connectivity index (χ1) is 32.2. The Labute approximate surface area is 388 Å². The lowest BCUT2D eigenvalue weighted by Crippen LogP contribution is -2.30. The summed E-state index contributed by atoms with van der Waals surface area (Å²) in [7, 11) is 0. The maximum atomic E-state index is 2.52. The second-order valence-electron chi connectivity index (χ2n) is 19.9. The molecule has 1 aromatic heterocycles. The molecule has 0 fully saturated rings. The molecule has 0 bridgehead atoms. The number of hydrogen-bond acceptors (Lipinski definition) is 1. The van der Waals surface area contributed by atoms with Crippen LogP contribution >= 0.6 is 0 Å². The largest absolute Gasteiger partial charge is 0.310 e. The predicted molar refractivity (Wildman–Crippen MR) is 281 cm³/mol. The van der Waals surface area contributed by atoms with Crippen molar-refractivity contribution in [3.8, 4) is 33.4 Å². The minimum atomic E-state index is -0.289. The normalized spacial score (nSPS) is 16.5. The van der Waals surface area contributed by atoms with Crippen molar-refractivity contribution in [3.63, 3.8) is 0 Å². The maximum absolute atomic E-state index is 2.52. The summed E-state index contributed by atoms with van der Waals surface area (Å²) in [6.45, 7) is 9.61. The summed E-state index contributed by atoms with van der Waals surface area (Å²) in [6, 6.07) is 60.3.